The van der Waals surface area contributed by atoms with Crippen LogP contribution in [0.2, 0.25) is 10.0 Å². The summed E-state index contributed by atoms with van der Waals surface area (Å²) in [5, 5.41) is 12.7. The number of ether oxygens (including phenoxy) is 1. The van der Waals surface area contributed by atoms with Gasteiger partial charge in [-0.2, -0.15) is 0 Å². The van der Waals surface area contributed by atoms with E-state index in [4.69, 9.17) is 33.0 Å². The minimum Gasteiger partial charge on any atom is -0.394 e. The molecular formula is C13H16Cl2N2O3. The fraction of sp³-hybridized carbons (Fsp3) is 0.462. The number of halogens is 2. The third-order valence-corrected chi connectivity index (χ3v) is 3.74. The number of aliphatic hydroxyl groups excluding tert-OH is 1. The van der Waals surface area contributed by atoms with Crippen molar-refractivity contribution in [3.8, 4) is 0 Å². The molecule has 2 rings (SSSR count). The summed E-state index contributed by atoms with van der Waals surface area (Å²) in [7, 11) is 0. The van der Waals surface area contributed by atoms with E-state index in [2.05, 4.69) is 5.32 Å². The molecule has 2 N–H and O–H groups in total. The van der Waals surface area contributed by atoms with Crippen LogP contribution >= 0.6 is 23.2 Å². The van der Waals surface area contributed by atoms with Gasteiger partial charge in [0.05, 0.1) is 35.9 Å². The molecule has 20 heavy (non-hydrogen) atoms. The third kappa shape index (κ3) is 4.33. The maximum Gasteiger partial charge on any atom is 0.238 e. The van der Waals surface area contributed by atoms with E-state index in [9.17, 15) is 4.79 Å². The Morgan fingerprint density at radius 1 is 1.45 bits per heavy atom. The zero-order chi connectivity index (χ0) is 14.5. The molecule has 1 fully saturated rings. The molecule has 0 bridgehead atoms. The van der Waals surface area contributed by atoms with Crippen molar-refractivity contribution in [2.75, 3.05) is 38.2 Å². The molecule has 1 aromatic carbocycles. The van der Waals surface area contributed by atoms with Crippen LogP contribution in [0.15, 0.2) is 18.2 Å². The summed E-state index contributed by atoms with van der Waals surface area (Å²) in [4.78, 5) is 13.9. The second kappa shape index (κ2) is 7.24. The Bertz CT molecular complexity index is 485. The van der Waals surface area contributed by atoms with Crippen molar-refractivity contribution in [1.82, 2.24) is 4.90 Å². The van der Waals surface area contributed by atoms with Crippen molar-refractivity contribution in [3.63, 3.8) is 0 Å². The molecular weight excluding hydrogens is 303 g/mol. The standard InChI is InChI=1S/C13H16Cl2N2O3/c14-11-2-1-9(5-12(11)15)16-13(19)7-17-3-4-20-10(6-17)8-18/h1-2,5,10,18H,3-4,6-8H2,(H,16,19). The Morgan fingerprint density at radius 2 is 2.25 bits per heavy atom. The summed E-state index contributed by atoms with van der Waals surface area (Å²) in [6, 6.07) is 4.94. The van der Waals surface area contributed by atoms with Crippen molar-refractivity contribution >= 4 is 34.8 Å². The SMILES string of the molecule is O=C(CN1CCOC(CO)C1)Nc1ccc(Cl)c(Cl)c1. The number of benzene rings is 1. The summed E-state index contributed by atoms with van der Waals surface area (Å²) in [5.74, 6) is -0.137. The number of amides is 1. The van der Waals surface area contributed by atoms with E-state index in [-0.39, 0.29) is 25.2 Å². The molecule has 0 saturated carbocycles. The summed E-state index contributed by atoms with van der Waals surface area (Å²) >= 11 is 11.7. The Balaban J connectivity index is 1.87. The summed E-state index contributed by atoms with van der Waals surface area (Å²) in [6.07, 6.45) is -0.221. The highest BCUT2D eigenvalue weighted by atomic mass is 35.5. The fourth-order valence-electron chi connectivity index (χ4n) is 2.01. The molecule has 7 heteroatoms. The predicted molar refractivity (Wildman–Crippen MR) is 78.4 cm³/mol. The average Bonchev–Trinajstić information content (AvgIpc) is 2.43. The largest absolute Gasteiger partial charge is 0.394 e. The summed E-state index contributed by atoms with van der Waals surface area (Å²) in [6.45, 7) is 1.95. The molecule has 5 nitrogen and oxygen atoms in total. The van der Waals surface area contributed by atoms with Gasteiger partial charge in [-0.05, 0) is 18.2 Å². The first kappa shape index (κ1) is 15.5. The number of nitrogens with zero attached hydrogens (tertiary/aromatic N) is 1. The number of morpholine rings is 1. The summed E-state index contributed by atoms with van der Waals surface area (Å²) < 4.78 is 5.33. The predicted octanol–water partition coefficient (Wildman–Crippen LogP) is 1.63. The molecule has 1 heterocycles. The van der Waals surface area contributed by atoms with E-state index >= 15 is 0 Å². The van der Waals surface area contributed by atoms with Crippen molar-refractivity contribution < 1.29 is 14.6 Å². The van der Waals surface area contributed by atoms with Gasteiger partial charge in [-0.1, -0.05) is 23.2 Å². The minimum atomic E-state index is -0.221. The minimum absolute atomic E-state index is 0.0368. The third-order valence-electron chi connectivity index (χ3n) is 3.00. The highest BCUT2D eigenvalue weighted by molar-refractivity contribution is 6.42. The number of aliphatic hydroxyl groups is 1. The van der Waals surface area contributed by atoms with Gasteiger partial charge >= 0.3 is 0 Å². The van der Waals surface area contributed by atoms with Crippen LogP contribution in [0.3, 0.4) is 0 Å². The van der Waals surface area contributed by atoms with Crippen LogP contribution in [-0.4, -0.2) is 54.9 Å². The van der Waals surface area contributed by atoms with Crippen LogP contribution in [-0.2, 0) is 9.53 Å². The fourth-order valence-corrected chi connectivity index (χ4v) is 2.31. The monoisotopic (exact) mass is 318 g/mol. The van der Waals surface area contributed by atoms with Crippen molar-refractivity contribution in [2.24, 2.45) is 0 Å². The van der Waals surface area contributed by atoms with Gasteiger partial charge in [0.1, 0.15) is 0 Å². The number of rotatable bonds is 4. The van der Waals surface area contributed by atoms with Gasteiger partial charge in [0.15, 0.2) is 0 Å². The van der Waals surface area contributed by atoms with E-state index in [1.54, 1.807) is 18.2 Å². The molecule has 0 radical (unpaired) electrons. The Kier molecular flexibility index (Phi) is 5.63. The van der Waals surface area contributed by atoms with E-state index in [1.807, 2.05) is 4.90 Å². The maximum absolute atomic E-state index is 11.9. The molecule has 1 atom stereocenters. The highest BCUT2D eigenvalue weighted by Crippen LogP contribution is 2.24. The lowest BCUT2D eigenvalue weighted by Gasteiger charge is -2.31. The molecule has 1 amide bonds. The van der Waals surface area contributed by atoms with Gasteiger partial charge in [0.2, 0.25) is 5.91 Å². The van der Waals surface area contributed by atoms with Crippen LogP contribution < -0.4 is 5.32 Å². The molecule has 1 saturated heterocycles. The normalized spacial score (nSPS) is 19.9. The number of anilines is 1. The van der Waals surface area contributed by atoms with Crippen LogP contribution in [0, 0.1) is 0 Å². The maximum atomic E-state index is 11.9. The first-order chi connectivity index (χ1) is 9.58. The highest BCUT2D eigenvalue weighted by Gasteiger charge is 2.21. The van der Waals surface area contributed by atoms with Gasteiger partial charge < -0.3 is 15.2 Å². The van der Waals surface area contributed by atoms with E-state index in [0.29, 0.717) is 35.4 Å². The topological polar surface area (TPSA) is 61.8 Å². The van der Waals surface area contributed by atoms with Crippen molar-refractivity contribution in [1.29, 1.82) is 0 Å². The van der Waals surface area contributed by atoms with E-state index < -0.39 is 0 Å². The van der Waals surface area contributed by atoms with E-state index in [0.717, 1.165) is 0 Å². The molecule has 1 unspecified atom stereocenters. The number of nitrogens with one attached hydrogen (secondary N) is 1. The first-order valence-electron chi connectivity index (χ1n) is 6.28. The Hall–Kier alpha value is -0.850. The zero-order valence-corrected chi connectivity index (χ0v) is 12.3. The molecule has 0 aliphatic carbocycles. The number of hydrogen-bond acceptors (Lipinski definition) is 4. The lowest BCUT2D eigenvalue weighted by Crippen LogP contribution is -2.46. The molecule has 110 valence electrons. The van der Waals surface area contributed by atoms with Gasteiger partial charge in [-0.25, -0.2) is 0 Å². The molecule has 1 aliphatic heterocycles. The lowest BCUT2D eigenvalue weighted by molar-refractivity contribution is -0.120. The number of carbonyl (C=O) groups is 1. The Morgan fingerprint density at radius 3 is 2.95 bits per heavy atom. The first-order valence-corrected chi connectivity index (χ1v) is 7.04. The quantitative estimate of drug-likeness (QED) is 0.885. The van der Waals surface area contributed by atoms with Crippen LogP contribution in [0.25, 0.3) is 0 Å². The molecule has 1 aliphatic rings. The summed E-state index contributed by atoms with van der Waals surface area (Å²) in [5.41, 5.74) is 0.608. The van der Waals surface area contributed by atoms with Crippen LogP contribution in [0.1, 0.15) is 0 Å². The van der Waals surface area contributed by atoms with Gasteiger partial charge in [0.25, 0.3) is 0 Å². The van der Waals surface area contributed by atoms with Gasteiger partial charge in [0, 0.05) is 18.8 Å². The van der Waals surface area contributed by atoms with Crippen molar-refractivity contribution in [3.05, 3.63) is 28.2 Å². The zero-order valence-electron chi connectivity index (χ0n) is 10.8. The van der Waals surface area contributed by atoms with Gasteiger partial charge in [-0.15, -0.1) is 0 Å². The lowest BCUT2D eigenvalue weighted by atomic mass is 10.2. The average molecular weight is 319 g/mol. The Labute approximate surface area is 127 Å². The van der Waals surface area contributed by atoms with E-state index in [1.165, 1.54) is 0 Å². The molecule has 0 aromatic heterocycles. The number of hydrogen-bond donors (Lipinski definition) is 2. The van der Waals surface area contributed by atoms with Crippen molar-refractivity contribution in [2.45, 2.75) is 6.10 Å². The van der Waals surface area contributed by atoms with Crippen LogP contribution in [0.5, 0.6) is 0 Å². The van der Waals surface area contributed by atoms with Crippen LogP contribution in [0.4, 0.5) is 5.69 Å². The molecule has 1 aromatic rings. The molecule has 0 spiro atoms. The second-order valence-corrected chi connectivity index (χ2v) is 5.40. The second-order valence-electron chi connectivity index (χ2n) is 4.59. The van der Waals surface area contributed by atoms with Gasteiger partial charge in [-0.3, -0.25) is 9.69 Å². The number of carbonyl (C=O) groups excluding carboxylic acids is 1. The smallest absolute Gasteiger partial charge is 0.238 e.